The van der Waals surface area contributed by atoms with Crippen molar-refractivity contribution in [2.24, 2.45) is 0 Å². The number of carbonyl (C=O) groups is 3. The van der Waals surface area contributed by atoms with Gasteiger partial charge in [-0.25, -0.2) is 9.78 Å². The molecule has 0 aliphatic heterocycles. The number of aromatic nitrogens is 2. The number of rotatable bonds is 16. The minimum atomic E-state index is -1.03. The standard InChI is InChI=1S/C36H42N6O7/c1-35(2,3)49-34(45)38-22-20-32(43)40-31(33(44)37-21-13-23-48-42(46)47)24-30-25-41(26-39-30)36(27-14-7-4-8-15-27,28-16-9-5-10-17-28)29-18-11-6-12-19-29/h4-12,14-19,25-26,31H,13,20-24H2,1-3H3,(H,37,44)(H,38,45)(H,40,43)/t31-/m0/s1. The maximum atomic E-state index is 13.4. The van der Waals surface area contributed by atoms with Crippen molar-refractivity contribution < 1.29 is 29.0 Å². The molecule has 0 saturated carbocycles. The number of hydrogen-bond donors (Lipinski definition) is 3. The molecule has 258 valence electrons. The van der Waals surface area contributed by atoms with E-state index in [0.717, 1.165) is 16.7 Å². The molecule has 13 heteroatoms. The van der Waals surface area contributed by atoms with Gasteiger partial charge in [0.2, 0.25) is 11.8 Å². The summed E-state index contributed by atoms with van der Waals surface area (Å²) < 4.78 is 7.23. The van der Waals surface area contributed by atoms with Gasteiger partial charge in [-0.15, -0.1) is 10.1 Å². The van der Waals surface area contributed by atoms with Crippen LogP contribution in [0.3, 0.4) is 0 Å². The number of hydrogen-bond acceptors (Lipinski definition) is 8. The van der Waals surface area contributed by atoms with E-state index in [0.29, 0.717) is 5.69 Å². The largest absolute Gasteiger partial charge is 0.444 e. The lowest BCUT2D eigenvalue weighted by molar-refractivity contribution is -0.757. The Balaban J connectivity index is 1.60. The average molecular weight is 671 g/mol. The summed E-state index contributed by atoms with van der Waals surface area (Å²) >= 11 is 0. The number of carbonyl (C=O) groups excluding carboxylic acids is 3. The predicted octanol–water partition coefficient (Wildman–Crippen LogP) is 4.38. The van der Waals surface area contributed by atoms with Gasteiger partial charge < -0.3 is 30.1 Å². The van der Waals surface area contributed by atoms with E-state index in [1.807, 2.05) is 65.4 Å². The Kier molecular flexibility index (Phi) is 12.5. The molecule has 1 heterocycles. The first-order valence-electron chi connectivity index (χ1n) is 16.0. The quantitative estimate of drug-likeness (QED) is 0.0684. The lowest BCUT2D eigenvalue weighted by Crippen LogP contribution is -2.49. The topological polar surface area (TPSA) is 167 Å². The van der Waals surface area contributed by atoms with E-state index in [9.17, 15) is 24.5 Å². The highest BCUT2D eigenvalue weighted by Gasteiger charge is 2.38. The van der Waals surface area contributed by atoms with Crippen LogP contribution in [-0.4, -0.2) is 63.9 Å². The summed E-state index contributed by atoms with van der Waals surface area (Å²) in [5.41, 5.74) is 2.01. The number of amides is 3. The summed E-state index contributed by atoms with van der Waals surface area (Å²) in [6.45, 7) is 5.10. The van der Waals surface area contributed by atoms with Crippen LogP contribution in [0.5, 0.6) is 0 Å². The molecule has 4 aromatic rings. The number of alkyl carbamates (subject to hydrolysis) is 1. The number of benzene rings is 3. The first-order chi connectivity index (χ1) is 23.5. The van der Waals surface area contributed by atoms with E-state index in [1.54, 1.807) is 27.1 Å². The predicted molar refractivity (Wildman–Crippen MR) is 182 cm³/mol. The van der Waals surface area contributed by atoms with E-state index < -0.39 is 40.2 Å². The van der Waals surface area contributed by atoms with E-state index in [2.05, 4.69) is 57.2 Å². The highest BCUT2D eigenvalue weighted by Crippen LogP contribution is 2.40. The van der Waals surface area contributed by atoms with Crippen LogP contribution in [0.15, 0.2) is 104 Å². The van der Waals surface area contributed by atoms with Gasteiger partial charge in [0.15, 0.2) is 0 Å². The Labute approximate surface area is 285 Å². The van der Waals surface area contributed by atoms with E-state index >= 15 is 0 Å². The van der Waals surface area contributed by atoms with Crippen molar-refractivity contribution in [3.05, 3.63) is 136 Å². The summed E-state index contributed by atoms with van der Waals surface area (Å²) in [6, 6.07) is 29.1. The van der Waals surface area contributed by atoms with Crippen LogP contribution in [0.2, 0.25) is 0 Å². The second-order valence-electron chi connectivity index (χ2n) is 12.3. The summed E-state index contributed by atoms with van der Waals surface area (Å²) in [4.78, 5) is 57.9. The first-order valence-corrected chi connectivity index (χ1v) is 16.0. The SMILES string of the molecule is CC(C)(C)OC(=O)NCCC(=O)N[C@@H](Cc1cn(C(c2ccccc2)(c2ccccc2)c2ccccc2)cn1)C(=O)NCCCO[N+](=O)[O-]. The van der Waals surface area contributed by atoms with Crippen LogP contribution >= 0.6 is 0 Å². The van der Waals surface area contributed by atoms with Gasteiger partial charge in [-0.2, -0.15) is 0 Å². The minimum absolute atomic E-state index is 0.00428. The van der Waals surface area contributed by atoms with Crippen molar-refractivity contribution in [1.29, 1.82) is 0 Å². The second kappa shape index (κ2) is 16.9. The molecule has 0 unspecified atom stereocenters. The van der Waals surface area contributed by atoms with Crippen LogP contribution in [-0.2, 0) is 31.1 Å². The maximum absolute atomic E-state index is 13.4. The third-order valence-corrected chi connectivity index (χ3v) is 7.50. The molecule has 0 saturated heterocycles. The molecule has 3 aromatic carbocycles. The Hall–Kier alpha value is -5.72. The Morgan fingerprint density at radius 2 is 1.41 bits per heavy atom. The van der Waals surface area contributed by atoms with Crippen molar-refractivity contribution in [2.45, 2.75) is 57.2 Å². The van der Waals surface area contributed by atoms with Crippen molar-refractivity contribution >= 4 is 17.9 Å². The smallest absolute Gasteiger partial charge is 0.407 e. The van der Waals surface area contributed by atoms with Gasteiger partial charge in [0.05, 0.1) is 18.6 Å². The molecule has 0 fully saturated rings. The fourth-order valence-electron chi connectivity index (χ4n) is 5.46. The number of imidazole rings is 1. The van der Waals surface area contributed by atoms with Crippen LogP contribution in [0, 0.1) is 10.1 Å². The molecule has 0 aliphatic carbocycles. The lowest BCUT2D eigenvalue weighted by atomic mass is 9.77. The first kappa shape index (κ1) is 36.1. The van der Waals surface area contributed by atoms with E-state index in [1.165, 1.54) is 0 Å². The third kappa shape index (κ3) is 10.1. The average Bonchev–Trinajstić information content (AvgIpc) is 3.53. The van der Waals surface area contributed by atoms with Crippen molar-refractivity contribution in [2.75, 3.05) is 19.7 Å². The van der Waals surface area contributed by atoms with Crippen LogP contribution in [0.25, 0.3) is 0 Å². The van der Waals surface area contributed by atoms with Gasteiger partial charge in [-0.1, -0.05) is 91.0 Å². The van der Waals surface area contributed by atoms with Crippen LogP contribution in [0.1, 0.15) is 56.0 Å². The van der Waals surface area contributed by atoms with Crippen LogP contribution < -0.4 is 16.0 Å². The van der Waals surface area contributed by atoms with E-state index in [-0.39, 0.29) is 39.0 Å². The van der Waals surface area contributed by atoms with Gasteiger partial charge in [0.25, 0.3) is 5.09 Å². The molecule has 3 N–H and O–H groups in total. The molecule has 1 aromatic heterocycles. The molecule has 0 spiro atoms. The molecular weight excluding hydrogens is 628 g/mol. The number of nitrogens with one attached hydrogen (secondary N) is 3. The fraction of sp³-hybridized carbons (Fsp3) is 0.333. The third-order valence-electron chi connectivity index (χ3n) is 7.50. The van der Waals surface area contributed by atoms with Gasteiger partial charge in [0.1, 0.15) is 17.2 Å². The highest BCUT2D eigenvalue weighted by atomic mass is 16.9. The van der Waals surface area contributed by atoms with Crippen LogP contribution in [0.4, 0.5) is 4.79 Å². The number of nitrogens with zero attached hydrogens (tertiary/aromatic N) is 3. The Bertz CT molecular complexity index is 1580. The highest BCUT2D eigenvalue weighted by molar-refractivity contribution is 5.88. The van der Waals surface area contributed by atoms with Gasteiger partial charge in [-0.05, 0) is 43.9 Å². The second-order valence-corrected chi connectivity index (χ2v) is 12.3. The molecule has 0 aliphatic rings. The molecule has 0 bridgehead atoms. The molecular formula is C36H42N6O7. The molecule has 1 atom stereocenters. The van der Waals surface area contributed by atoms with E-state index in [4.69, 9.17) is 9.72 Å². The van der Waals surface area contributed by atoms with Crippen molar-refractivity contribution in [3.63, 3.8) is 0 Å². The van der Waals surface area contributed by atoms with Gasteiger partial charge in [-0.3, -0.25) is 9.59 Å². The van der Waals surface area contributed by atoms with Crippen molar-refractivity contribution in [3.8, 4) is 0 Å². The normalized spacial score (nSPS) is 12.0. The summed E-state index contributed by atoms with van der Waals surface area (Å²) in [5, 5.41) is 17.6. The molecule has 3 amide bonds. The molecule has 0 radical (unpaired) electrons. The van der Waals surface area contributed by atoms with Gasteiger partial charge >= 0.3 is 6.09 Å². The Morgan fingerprint density at radius 1 is 0.857 bits per heavy atom. The Morgan fingerprint density at radius 3 is 1.92 bits per heavy atom. The van der Waals surface area contributed by atoms with Gasteiger partial charge in [0, 0.05) is 32.1 Å². The number of ether oxygens (including phenoxy) is 1. The molecule has 13 nitrogen and oxygen atoms in total. The fourth-order valence-corrected chi connectivity index (χ4v) is 5.46. The zero-order valence-corrected chi connectivity index (χ0v) is 27.8. The summed E-state index contributed by atoms with van der Waals surface area (Å²) in [7, 11) is 0. The zero-order chi connectivity index (χ0) is 35.3. The zero-order valence-electron chi connectivity index (χ0n) is 27.8. The van der Waals surface area contributed by atoms with Crippen molar-refractivity contribution in [1.82, 2.24) is 25.5 Å². The minimum Gasteiger partial charge on any atom is -0.444 e. The monoisotopic (exact) mass is 670 g/mol. The summed E-state index contributed by atoms with van der Waals surface area (Å²) in [5.74, 6) is -0.968. The lowest BCUT2D eigenvalue weighted by Gasteiger charge is -2.37. The molecule has 49 heavy (non-hydrogen) atoms. The molecule has 4 rings (SSSR count). The maximum Gasteiger partial charge on any atom is 0.407 e. The summed E-state index contributed by atoms with van der Waals surface area (Å²) in [6.07, 6.45) is 3.07.